The lowest BCUT2D eigenvalue weighted by atomic mass is 10.2. The number of amides is 1. The van der Waals surface area contributed by atoms with Gasteiger partial charge >= 0.3 is 0 Å². The molecule has 3 aromatic carbocycles. The zero-order valence-corrected chi connectivity index (χ0v) is 19.2. The molecule has 1 heterocycles. The molecule has 30 heavy (non-hydrogen) atoms. The fraction of sp³-hybridized carbons (Fsp3) is 0.130. The van der Waals surface area contributed by atoms with E-state index in [9.17, 15) is 4.79 Å². The highest BCUT2D eigenvalue weighted by atomic mass is 127. The van der Waals surface area contributed by atoms with E-state index in [0.29, 0.717) is 39.0 Å². The van der Waals surface area contributed by atoms with Crippen LogP contribution in [0.1, 0.15) is 24.2 Å². The quantitative estimate of drug-likeness (QED) is 0.287. The lowest BCUT2D eigenvalue weighted by Crippen LogP contribution is -2.12. The summed E-state index contributed by atoms with van der Waals surface area (Å²) in [5.74, 6) is 0.868. The summed E-state index contributed by atoms with van der Waals surface area (Å²) >= 11 is 8.52. The number of hydrogen-bond donors (Lipinski definition) is 1. The molecule has 1 aromatic heterocycles. The van der Waals surface area contributed by atoms with E-state index < -0.39 is 0 Å². The Morgan fingerprint density at radius 2 is 1.97 bits per heavy atom. The Morgan fingerprint density at radius 3 is 2.77 bits per heavy atom. The van der Waals surface area contributed by atoms with Crippen LogP contribution in [0.5, 0.6) is 5.75 Å². The predicted octanol–water partition coefficient (Wildman–Crippen LogP) is 6.79. The largest absolute Gasteiger partial charge is 0.491 e. The Morgan fingerprint density at radius 1 is 1.13 bits per heavy atom. The van der Waals surface area contributed by atoms with E-state index in [4.69, 9.17) is 20.8 Å². The first kappa shape index (κ1) is 20.7. The maximum atomic E-state index is 12.7. The van der Waals surface area contributed by atoms with Gasteiger partial charge in [-0.25, -0.2) is 4.98 Å². The van der Waals surface area contributed by atoms with Crippen LogP contribution in [0.2, 0.25) is 5.02 Å². The van der Waals surface area contributed by atoms with Crippen molar-refractivity contribution in [1.82, 2.24) is 4.98 Å². The maximum Gasteiger partial charge on any atom is 0.255 e. The number of rotatable bonds is 5. The lowest BCUT2D eigenvalue weighted by molar-refractivity contribution is 0.102. The highest BCUT2D eigenvalue weighted by molar-refractivity contribution is 14.1. The van der Waals surface area contributed by atoms with Crippen molar-refractivity contribution in [3.05, 3.63) is 74.8 Å². The van der Waals surface area contributed by atoms with Gasteiger partial charge in [0.25, 0.3) is 5.91 Å². The average Bonchev–Trinajstić information content (AvgIpc) is 3.12. The second-order valence-electron chi connectivity index (χ2n) is 6.97. The molecule has 0 unspecified atom stereocenters. The highest BCUT2D eigenvalue weighted by Crippen LogP contribution is 2.32. The van der Waals surface area contributed by atoms with Gasteiger partial charge in [-0.2, -0.15) is 0 Å². The van der Waals surface area contributed by atoms with Gasteiger partial charge in [-0.3, -0.25) is 4.79 Å². The summed E-state index contributed by atoms with van der Waals surface area (Å²) in [5.41, 5.74) is 3.11. The van der Waals surface area contributed by atoms with E-state index in [1.165, 1.54) is 0 Å². The number of nitrogens with one attached hydrogen (secondary N) is 1. The normalized spacial score (nSPS) is 11.1. The number of ether oxygens (including phenoxy) is 1. The molecule has 0 bridgehead atoms. The van der Waals surface area contributed by atoms with Crippen LogP contribution in [0.25, 0.3) is 22.6 Å². The fourth-order valence-electron chi connectivity index (χ4n) is 2.97. The fourth-order valence-corrected chi connectivity index (χ4v) is 3.66. The number of fused-ring (bicyclic) bond motifs is 1. The SMILES string of the molecule is CC(C)Oc1cccc(C(=O)Nc2ccc3oc(-c4cc(I)ccc4Cl)nc3c2)c1. The molecule has 0 spiro atoms. The molecule has 0 aliphatic rings. The Labute approximate surface area is 192 Å². The second-order valence-corrected chi connectivity index (χ2v) is 8.63. The first-order chi connectivity index (χ1) is 14.4. The first-order valence-corrected chi connectivity index (χ1v) is 10.8. The van der Waals surface area contributed by atoms with Gasteiger partial charge in [-0.05, 0) is 91.0 Å². The molecular weight excluding hydrogens is 515 g/mol. The summed E-state index contributed by atoms with van der Waals surface area (Å²) in [6, 6.07) is 18.1. The van der Waals surface area contributed by atoms with Crippen molar-refractivity contribution >= 4 is 56.9 Å². The van der Waals surface area contributed by atoms with Gasteiger partial charge in [-0.1, -0.05) is 17.7 Å². The van der Waals surface area contributed by atoms with Crippen LogP contribution >= 0.6 is 34.2 Å². The molecule has 0 radical (unpaired) electrons. The molecule has 152 valence electrons. The first-order valence-electron chi connectivity index (χ1n) is 9.33. The van der Waals surface area contributed by atoms with Crippen molar-refractivity contribution in [2.24, 2.45) is 0 Å². The van der Waals surface area contributed by atoms with Crippen LogP contribution in [0.4, 0.5) is 5.69 Å². The third-order valence-electron chi connectivity index (χ3n) is 4.27. The Kier molecular flexibility index (Phi) is 5.97. The van der Waals surface area contributed by atoms with E-state index in [2.05, 4.69) is 32.9 Å². The molecule has 0 aliphatic carbocycles. The van der Waals surface area contributed by atoms with Crippen LogP contribution < -0.4 is 10.1 Å². The monoisotopic (exact) mass is 532 g/mol. The summed E-state index contributed by atoms with van der Waals surface area (Å²) in [6.45, 7) is 3.88. The third-order valence-corrected chi connectivity index (χ3v) is 5.27. The minimum atomic E-state index is -0.229. The van der Waals surface area contributed by atoms with Gasteiger partial charge in [0.2, 0.25) is 5.89 Å². The van der Waals surface area contributed by atoms with Crippen LogP contribution in [0.15, 0.2) is 65.1 Å². The molecular formula is C23H18ClIN2O3. The molecule has 0 fully saturated rings. The summed E-state index contributed by atoms with van der Waals surface area (Å²) in [6.07, 6.45) is 0.0356. The average molecular weight is 533 g/mol. The zero-order chi connectivity index (χ0) is 21.3. The van der Waals surface area contributed by atoms with Crippen molar-refractivity contribution < 1.29 is 13.9 Å². The molecule has 4 aromatic rings. The van der Waals surface area contributed by atoms with Gasteiger partial charge < -0.3 is 14.5 Å². The summed E-state index contributed by atoms with van der Waals surface area (Å²) in [5, 5.41) is 3.47. The Bertz CT molecular complexity index is 1240. The predicted molar refractivity (Wildman–Crippen MR) is 127 cm³/mol. The number of aromatic nitrogens is 1. The number of nitrogens with zero attached hydrogens (tertiary/aromatic N) is 1. The minimum Gasteiger partial charge on any atom is -0.491 e. The zero-order valence-electron chi connectivity index (χ0n) is 16.3. The number of carbonyl (C=O) groups excluding carboxylic acids is 1. The van der Waals surface area contributed by atoms with E-state index in [0.717, 1.165) is 9.13 Å². The Hall–Kier alpha value is -2.58. The molecule has 0 saturated heterocycles. The number of halogens is 2. The van der Waals surface area contributed by atoms with Crippen molar-refractivity contribution in [3.8, 4) is 17.2 Å². The number of benzene rings is 3. The van der Waals surface area contributed by atoms with Gasteiger partial charge in [0.05, 0.1) is 16.7 Å². The second kappa shape index (κ2) is 8.65. The number of hydrogen-bond acceptors (Lipinski definition) is 4. The summed E-state index contributed by atoms with van der Waals surface area (Å²) < 4.78 is 12.6. The number of oxazole rings is 1. The van der Waals surface area contributed by atoms with Crippen LogP contribution in [-0.2, 0) is 0 Å². The number of carbonyl (C=O) groups is 1. The molecule has 0 atom stereocenters. The standard InChI is InChI=1S/C23H18ClIN2O3/c1-13(2)29-17-5-3-4-14(10-17)22(28)26-16-7-9-21-20(12-16)27-23(30-21)18-11-15(25)6-8-19(18)24/h3-13H,1-2H3,(H,26,28). The van der Waals surface area contributed by atoms with Crippen LogP contribution in [-0.4, -0.2) is 17.0 Å². The van der Waals surface area contributed by atoms with Crippen molar-refractivity contribution in [3.63, 3.8) is 0 Å². The number of anilines is 1. The molecule has 0 aliphatic heterocycles. The highest BCUT2D eigenvalue weighted by Gasteiger charge is 2.14. The minimum absolute atomic E-state index is 0.0356. The molecule has 7 heteroatoms. The van der Waals surface area contributed by atoms with Crippen molar-refractivity contribution in [1.29, 1.82) is 0 Å². The topological polar surface area (TPSA) is 64.4 Å². The van der Waals surface area contributed by atoms with Gasteiger partial charge in [-0.15, -0.1) is 0 Å². The van der Waals surface area contributed by atoms with Gasteiger partial charge in [0, 0.05) is 14.8 Å². The van der Waals surface area contributed by atoms with Gasteiger partial charge in [0.15, 0.2) is 5.58 Å². The molecule has 4 rings (SSSR count). The maximum absolute atomic E-state index is 12.7. The smallest absolute Gasteiger partial charge is 0.255 e. The van der Waals surface area contributed by atoms with E-state index in [1.807, 2.05) is 38.1 Å². The third kappa shape index (κ3) is 4.60. The van der Waals surface area contributed by atoms with E-state index in [1.54, 1.807) is 36.4 Å². The summed E-state index contributed by atoms with van der Waals surface area (Å²) in [4.78, 5) is 17.2. The van der Waals surface area contributed by atoms with Crippen molar-refractivity contribution in [2.75, 3.05) is 5.32 Å². The van der Waals surface area contributed by atoms with Crippen molar-refractivity contribution in [2.45, 2.75) is 20.0 Å². The Balaban J connectivity index is 1.58. The van der Waals surface area contributed by atoms with E-state index in [-0.39, 0.29) is 12.0 Å². The molecule has 1 N–H and O–H groups in total. The van der Waals surface area contributed by atoms with Crippen LogP contribution in [0.3, 0.4) is 0 Å². The molecule has 0 saturated carbocycles. The lowest BCUT2D eigenvalue weighted by Gasteiger charge is -2.11. The molecule has 1 amide bonds. The van der Waals surface area contributed by atoms with Crippen LogP contribution in [0, 0.1) is 3.57 Å². The van der Waals surface area contributed by atoms with E-state index >= 15 is 0 Å². The van der Waals surface area contributed by atoms with Gasteiger partial charge in [0.1, 0.15) is 11.3 Å². The molecule has 5 nitrogen and oxygen atoms in total. The summed E-state index contributed by atoms with van der Waals surface area (Å²) in [7, 11) is 0.